The molecule has 23 N–H and O–H groups in total. The van der Waals surface area contributed by atoms with Crippen molar-refractivity contribution >= 4 is 94.1 Å². The number of carbonyl (C=O) groups excluding carboxylic acids is 16. The molecule has 0 aliphatic carbocycles. The first-order valence-corrected chi connectivity index (χ1v) is 36.6. The van der Waals surface area contributed by atoms with Crippen LogP contribution in [0.3, 0.4) is 0 Å². The van der Waals surface area contributed by atoms with Gasteiger partial charge < -0.3 is 143 Å². The van der Waals surface area contributed by atoms with Crippen LogP contribution in [0, 0.1) is 29.6 Å². The Bertz CT molecular complexity index is 4010. The highest BCUT2D eigenvalue weighted by Gasteiger charge is 2.46. The van der Waals surface area contributed by atoms with E-state index >= 15 is 0 Å². The van der Waals surface area contributed by atoms with E-state index in [-0.39, 0.29) is 18.4 Å². The van der Waals surface area contributed by atoms with E-state index < -0.39 is 346 Å². The molecule has 0 aromatic heterocycles. The summed E-state index contributed by atoms with van der Waals surface area (Å²) in [7, 11) is 1.37. The van der Waals surface area contributed by atoms with E-state index in [0.29, 0.717) is 6.42 Å². The summed E-state index contributed by atoms with van der Waals surface area (Å²) in [5.41, 5.74) is -2.13. The lowest BCUT2D eigenvalue weighted by Crippen LogP contribution is -2.55. The second-order valence-electron chi connectivity index (χ2n) is 27.3. The number of ketones is 5. The molecule has 17 atom stereocenters. The number of rotatable bonds is 40. The highest BCUT2D eigenvalue weighted by atomic mass is 16.6. The van der Waals surface area contributed by atoms with E-state index in [1.54, 1.807) is 6.92 Å². The number of Topliss-reactive ketones (excluding diaryl/α,β-unsaturated/α-hetero) is 5. The third-order valence-corrected chi connectivity index (χ3v) is 18.7. The Morgan fingerprint density at radius 2 is 0.992 bits per heavy atom. The molecule has 2 fully saturated rings. The fourth-order valence-corrected chi connectivity index (χ4v) is 11.2. The Kier molecular flexibility index (Phi) is 40.0. The molecular formula is C74H99N7O37. The largest absolute Gasteiger partial charge is 0.504 e. The Hall–Kier alpha value is -11.5. The Balaban J connectivity index is 0.000000509. The van der Waals surface area contributed by atoms with Gasteiger partial charge in [0.1, 0.15) is 75.1 Å². The van der Waals surface area contributed by atoms with Gasteiger partial charge in [0.2, 0.25) is 29.5 Å². The molecule has 118 heavy (non-hydrogen) atoms. The number of amides is 7. The van der Waals surface area contributed by atoms with Gasteiger partial charge in [-0.15, -0.1) is 0 Å². The lowest BCUT2D eigenvalue weighted by molar-refractivity contribution is -0.235. The molecule has 0 radical (unpaired) electrons. The maximum Gasteiger partial charge on any atom is 0.332 e. The zero-order valence-electron chi connectivity index (χ0n) is 64.4. The van der Waals surface area contributed by atoms with Crippen LogP contribution in [0.15, 0.2) is 48.5 Å². The van der Waals surface area contributed by atoms with E-state index in [0.717, 1.165) is 36.4 Å². The van der Waals surface area contributed by atoms with Crippen LogP contribution in [-0.2, 0) is 86.0 Å². The molecule has 2 aliphatic heterocycles. The summed E-state index contributed by atoms with van der Waals surface area (Å²) in [6.45, 7) is -2.87. The third-order valence-electron chi connectivity index (χ3n) is 18.7. The molecule has 7 amide bonds. The molecule has 0 bridgehead atoms. The van der Waals surface area contributed by atoms with Crippen LogP contribution < -0.4 is 37.2 Å². The molecule has 5 rings (SSSR count). The quantitative estimate of drug-likeness (QED) is 0.0109. The second-order valence-corrected chi connectivity index (χ2v) is 27.3. The molecule has 2 heterocycles. The van der Waals surface area contributed by atoms with Crippen LogP contribution >= 0.6 is 0 Å². The molecular weight excluding hydrogens is 1580 g/mol. The number of ether oxygens (including phenoxy) is 5. The fraction of sp³-hybridized carbons (Fsp3) is 0.541. The van der Waals surface area contributed by atoms with Crippen molar-refractivity contribution in [2.24, 2.45) is 29.6 Å². The first kappa shape index (κ1) is 98.9. The van der Waals surface area contributed by atoms with Crippen molar-refractivity contribution in [1.82, 2.24) is 37.2 Å². The molecule has 2 saturated heterocycles. The fourth-order valence-electron chi connectivity index (χ4n) is 11.2. The molecule has 0 spiro atoms. The van der Waals surface area contributed by atoms with Gasteiger partial charge in [-0.2, -0.15) is 0 Å². The van der Waals surface area contributed by atoms with Gasteiger partial charge in [-0.25, -0.2) is 9.59 Å². The summed E-state index contributed by atoms with van der Waals surface area (Å²) in [5, 5.41) is 177. The number of esters is 4. The van der Waals surface area contributed by atoms with Crippen molar-refractivity contribution in [1.29, 1.82) is 0 Å². The lowest BCUT2D eigenvalue weighted by Gasteiger charge is -2.40. The number of aliphatic hydroxyl groups is 10. The first-order valence-electron chi connectivity index (χ1n) is 36.6. The summed E-state index contributed by atoms with van der Waals surface area (Å²) in [4.78, 5) is 205. The van der Waals surface area contributed by atoms with Gasteiger partial charge in [0.15, 0.2) is 75.5 Å². The van der Waals surface area contributed by atoms with Crippen molar-refractivity contribution in [3.8, 4) is 34.5 Å². The monoisotopic (exact) mass is 1680 g/mol. The number of aromatic hydroxyl groups is 6. The number of carbonyl (C=O) groups is 16. The van der Waals surface area contributed by atoms with Crippen LogP contribution in [0.5, 0.6) is 34.5 Å². The zero-order chi connectivity index (χ0) is 88.7. The van der Waals surface area contributed by atoms with E-state index in [2.05, 4.69) is 37.2 Å². The predicted octanol–water partition coefficient (Wildman–Crippen LogP) is -7.05. The Morgan fingerprint density at radius 3 is 1.49 bits per heavy atom. The van der Waals surface area contributed by atoms with Crippen LogP contribution in [0.4, 0.5) is 0 Å². The van der Waals surface area contributed by atoms with Gasteiger partial charge in [-0.1, -0.05) is 19.1 Å². The molecule has 0 saturated carbocycles. The molecule has 3 aromatic rings. The highest BCUT2D eigenvalue weighted by molar-refractivity contribution is 6.03. The third kappa shape index (κ3) is 28.4. The summed E-state index contributed by atoms with van der Waals surface area (Å²) >= 11 is 0. The maximum absolute atomic E-state index is 13.9. The topological polar surface area (TPSA) is 727 Å². The molecule has 44 nitrogen and oxygen atoms in total. The number of benzene rings is 3. The van der Waals surface area contributed by atoms with E-state index in [1.807, 2.05) is 0 Å². The number of para-hydroxylation sites is 2. The molecule has 44 heteroatoms. The Labute approximate surface area is 671 Å². The second kappa shape index (κ2) is 47.7. The first-order chi connectivity index (χ1) is 55.7. The number of cyclic esters (lactones) is 3. The number of nitrogens with one attached hydrogen (secondary N) is 7. The molecule has 652 valence electrons. The number of aliphatic hydroxyl groups excluding tert-OH is 10. The van der Waals surface area contributed by atoms with E-state index in [1.165, 1.54) is 40.0 Å². The van der Waals surface area contributed by atoms with Crippen LogP contribution in [0.2, 0.25) is 0 Å². The minimum atomic E-state index is -1.96. The standard InChI is InChI=1S/C41H44N2O22.C33H55N5O15/c1-16(11-44)38(57)64-15-28-32(52)33(53)34(54)35(65-28)17-8-21(31(51)27(48)9-17)26(47)10-18-12-61-40(59)23(43-37(56)20-5-3-7-25(46)30(20)50)14-63-41(60)22(13-62-39(18)58)42-36(55)19-4-2-6-24(45)29(19)49;1-5-19(12-39)31(51)35-17(2)27(47)11-21(18(3)44)33(53)38-24(16-43)28(48)10-20(13-40)32(52)37-23(15-42)26(46)7-9-30(50)36-22(14-41)25(45)6-8-29(49)34-4/h2-9,16,18,22-23,28,32-35,44-46,48-54H,10-15H2,1H3,(H,42,55)(H,43,56);17-24,39-44H,5-16H2,1-4H3,(H,34,49)(H,35,51)(H,36,50)(H,37,52)(H,38,53)/t16?,18-,22-,23-,28?,32+,33-,34?,35-;/m0./s1. The van der Waals surface area contributed by atoms with Crippen LogP contribution in [0.25, 0.3) is 0 Å². The van der Waals surface area contributed by atoms with Crippen LogP contribution in [-0.4, -0.2) is 316 Å². The van der Waals surface area contributed by atoms with Gasteiger partial charge in [0, 0.05) is 52.0 Å². The predicted molar refractivity (Wildman–Crippen MR) is 393 cm³/mol. The lowest BCUT2D eigenvalue weighted by atomic mass is 9.89. The van der Waals surface area contributed by atoms with Gasteiger partial charge in [0.05, 0.1) is 98.1 Å². The average molecular weight is 1680 g/mol. The van der Waals surface area contributed by atoms with Gasteiger partial charge in [0.25, 0.3) is 11.8 Å². The minimum Gasteiger partial charge on any atom is -0.504 e. The van der Waals surface area contributed by atoms with E-state index in [4.69, 9.17) is 23.7 Å². The van der Waals surface area contributed by atoms with Crippen molar-refractivity contribution < 1.29 is 182 Å². The van der Waals surface area contributed by atoms with E-state index in [9.17, 15) is 158 Å². The number of phenolic OH excluding ortho intramolecular Hbond substituents is 6. The molecule has 3 aromatic carbocycles. The van der Waals surface area contributed by atoms with Gasteiger partial charge in [-0.05, 0) is 69.2 Å². The van der Waals surface area contributed by atoms with Gasteiger partial charge in [-0.3, -0.25) is 67.1 Å². The van der Waals surface area contributed by atoms with Crippen molar-refractivity contribution in [3.05, 3.63) is 70.8 Å². The SMILES string of the molecule is CC(CO)C(=O)OCC1O[C@@H](c2cc(O)c(O)c(C(=O)C[C@H]3COC(=O)[C@@H](NC(=O)c4cccc(O)c4O)COC(=O)[C@@H](NC(=O)c4cccc(O)c4O)COC3=O)c2)C(O)[C@@H](O)[C@@H]1O.CCC(CO)C(=O)NC(C)C(=O)CC(C(=O)NC(CO)C(=O)CC(CO)C(=O)NC(CO)C(=O)CCC(=O)NC(CO)C(=O)CCC(=O)NC)C(C)O. The Morgan fingerprint density at radius 1 is 0.508 bits per heavy atom. The zero-order valence-corrected chi connectivity index (χ0v) is 64.4. The summed E-state index contributed by atoms with van der Waals surface area (Å²) in [6, 6.07) is -1.25. The number of hydrogen-bond acceptors (Lipinski definition) is 37. The van der Waals surface area contributed by atoms with Crippen molar-refractivity contribution in [2.45, 2.75) is 152 Å². The molecule has 11 unspecified atom stereocenters. The smallest absolute Gasteiger partial charge is 0.332 e. The number of hydrogen-bond donors (Lipinski definition) is 23. The van der Waals surface area contributed by atoms with Crippen molar-refractivity contribution in [3.63, 3.8) is 0 Å². The minimum absolute atomic E-state index is 0.172. The van der Waals surface area contributed by atoms with Crippen molar-refractivity contribution in [2.75, 3.05) is 73.1 Å². The summed E-state index contributed by atoms with van der Waals surface area (Å²) in [5.74, 6) is -27.4. The highest BCUT2D eigenvalue weighted by Crippen LogP contribution is 2.40. The average Bonchev–Trinajstić information content (AvgIpc) is 0.777. The normalized spacial score (nSPS) is 20.4. The van der Waals surface area contributed by atoms with Gasteiger partial charge >= 0.3 is 23.9 Å². The summed E-state index contributed by atoms with van der Waals surface area (Å²) in [6.07, 6.45) is -13.9. The number of phenols is 6. The summed E-state index contributed by atoms with van der Waals surface area (Å²) < 4.78 is 26.3. The van der Waals surface area contributed by atoms with Crippen LogP contribution in [0.1, 0.15) is 122 Å². The molecule has 2 aliphatic rings. The maximum atomic E-state index is 13.9.